The highest BCUT2D eigenvalue weighted by Gasteiger charge is 2.27. The number of pyridine rings is 1. The fourth-order valence-corrected chi connectivity index (χ4v) is 2.52. The molecule has 2 fully saturated rings. The van der Waals surface area contributed by atoms with E-state index in [2.05, 4.69) is 20.3 Å². The molecule has 0 aliphatic heterocycles. The highest BCUT2D eigenvalue weighted by molar-refractivity contribution is 6.04. The summed E-state index contributed by atoms with van der Waals surface area (Å²) in [5.74, 6) is 1.79. The molecule has 4 rings (SSSR count). The topological polar surface area (TPSA) is 67.8 Å². The number of hydrogen-bond acceptors (Lipinski definition) is 4. The van der Waals surface area contributed by atoms with Crippen molar-refractivity contribution >= 4 is 11.6 Å². The summed E-state index contributed by atoms with van der Waals surface area (Å²) in [4.78, 5) is 25.3. The molecule has 2 heterocycles. The van der Waals surface area contributed by atoms with Gasteiger partial charge in [-0.3, -0.25) is 9.78 Å². The van der Waals surface area contributed by atoms with Gasteiger partial charge in [0, 0.05) is 24.5 Å². The Balaban J connectivity index is 1.52. The van der Waals surface area contributed by atoms with Gasteiger partial charge in [0.25, 0.3) is 5.91 Å². The van der Waals surface area contributed by atoms with Crippen LogP contribution in [0.2, 0.25) is 0 Å². The van der Waals surface area contributed by atoms with Crippen molar-refractivity contribution in [3.8, 4) is 0 Å². The van der Waals surface area contributed by atoms with Crippen LogP contribution in [0.5, 0.6) is 0 Å². The molecule has 0 bridgehead atoms. The number of amides is 1. The first-order valence-electron chi connectivity index (χ1n) is 7.80. The lowest BCUT2D eigenvalue weighted by Crippen LogP contribution is -2.14. The Bertz CT molecular complexity index is 718. The average Bonchev–Trinajstić information content (AvgIpc) is 3.41. The van der Waals surface area contributed by atoms with Gasteiger partial charge in [-0.2, -0.15) is 0 Å². The third kappa shape index (κ3) is 2.71. The van der Waals surface area contributed by atoms with E-state index in [1.807, 2.05) is 19.2 Å². The number of aromatic nitrogens is 3. The maximum absolute atomic E-state index is 12.3. The monoisotopic (exact) mass is 294 g/mol. The number of aryl methyl sites for hydroxylation is 1. The Morgan fingerprint density at radius 3 is 2.36 bits per heavy atom. The zero-order valence-corrected chi connectivity index (χ0v) is 12.5. The van der Waals surface area contributed by atoms with Gasteiger partial charge in [-0.25, -0.2) is 9.97 Å². The van der Waals surface area contributed by atoms with Crippen LogP contribution in [0.25, 0.3) is 0 Å². The number of nitrogens with one attached hydrogen (secondary N) is 1. The van der Waals surface area contributed by atoms with E-state index in [-0.39, 0.29) is 5.91 Å². The number of nitrogens with zero attached hydrogens (tertiary/aromatic N) is 3. The van der Waals surface area contributed by atoms with Gasteiger partial charge in [-0.05, 0) is 50.2 Å². The van der Waals surface area contributed by atoms with Crippen LogP contribution in [-0.2, 0) is 0 Å². The quantitative estimate of drug-likeness (QED) is 0.940. The molecule has 0 atom stereocenters. The molecule has 0 spiro atoms. The lowest BCUT2D eigenvalue weighted by Gasteiger charge is -2.09. The largest absolute Gasteiger partial charge is 0.320 e. The molecule has 0 unspecified atom stereocenters. The first-order valence-corrected chi connectivity index (χ1v) is 7.80. The predicted octanol–water partition coefficient (Wildman–Crippen LogP) is 3.19. The van der Waals surface area contributed by atoms with E-state index in [9.17, 15) is 4.79 Å². The summed E-state index contributed by atoms with van der Waals surface area (Å²) in [5, 5.41) is 2.93. The molecule has 22 heavy (non-hydrogen) atoms. The molecular formula is C17H18N4O. The molecule has 2 aliphatic rings. The summed E-state index contributed by atoms with van der Waals surface area (Å²) in [6.45, 7) is 1.90. The maximum Gasteiger partial charge on any atom is 0.258 e. The fraction of sp³-hybridized carbons (Fsp3) is 0.412. The molecular weight excluding hydrogens is 276 g/mol. The van der Waals surface area contributed by atoms with Crippen LogP contribution < -0.4 is 5.32 Å². The summed E-state index contributed by atoms with van der Waals surface area (Å²) >= 11 is 0. The first-order chi connectivity index (χ1) is 10.7. The first kappa shape index (κ1) is 13.4. The van der Waals surface area contributed by atoms with Crippen molar-refractivity contribution in [1.82, 2.24) is 15.0 Å². The minimum atomic E-state index is -0.180. The van der Waals surface area contributed by atoms with E-state index in [1.165, 1.54) is 18.4 Å². The van der Waals surface area contributed by atoms with E-state index >= 15 is 0 Å². The van der Waals surface area contributed by atoms with Crippen molar-refractivity contribution in [2.45, 2.75) is 44.4 Å². The molecule has 5 nitrogen and oxygen atoms in total. The van der Waals surface area contributed by atoms with Crippen LogP contribution in [0.4, 0.5) is 5.69 Å². The standard InChI is InChI=1S/C17H18N4O/c1-10-15(6-13(7-18-10)11-2-3-11)21-17(22)14-8-19-16(20-9-14)12-4-5-12/h6-9,11-12H,2-5H2,1H3,(H,21,22). The van der Waals surface area contributed by atoms with Crippen molar-refractivity contribution in [2.24, 2.45) is 0 Å². The number of carbonyl (C=O) groups excluding carboxylic acids is 1. The summed E-state index contributed by atoms with van der Waals surface area (Å²) in [6.07, 6.45) is 9.89. The summed E-state index contributed by atoms with van der Waals surface area (Å²) < 4.78 is 0. The Morgan fingerprint density at radius 1 is 1.05 bits per heavy atom. The van der Waals surface area contributed by atoms with Gasteiger partial charge in [-0.1, -0.05) is 0 Å². The Kier molecular flexibility index (Phi) is 3.13. The van der Waals surface area contributed by atoms with Gasteiger partial charge in [0.05, 0.1) is 16.9 Å². The second-order valence-corrected chi connectivity index (χ2v) is 6.23. The van der Waals surface area contributed by atoms with Crippen LogP contribution in [-0.4, -0.2) is 20.9 Å². The second kappa shape index (κ2) is 5.16. The van der Waals surface area contributed by atoms with Crippen molar-refractivity contribution < 1.29 is 4.79 Å². The number of anilines is 1. The van der Waals surface area contributed by atoms with Gasteiger partial charge >= 0.3 is 0 Å². The van der Waals surface area contributed by atoms with Gasteiger partial charge in [-0.15, -0.1) is 0 Å². The number of hydrogen-bond donors (Lipinski definition) is 1. The van der Waals surface area contributed by atoms with Gasteiger partial charge in [0.15, 0.2) is 0 Å². The van der Waals surface area contributed by atoms with Gasteiger partial charge in [0.1, 0.15) is 5.82 Å². The van der Waals surface area contributed by atoms with E-state index in [0.717, 1.165) is 30.0 Å². The summed E-state index contributed by atoms with van der Waals surface area (Å²) in [6, 6.07) is 2.04. The van der Waals surface area contributed by atoms with Crippen molar-refractivity contribution in [2.75, 3.05) is 5.32 Å². The molecule has 1 amide bonds. The zero-order chi connectivity index (χ0) is 15.1. The van der Waals surface area contributed by atoms with E-state index in [4.69, 9.17) is 0 Å². The summed E-state index contributed by atoms with van der Waals surface area (Å²) in [5.41, 5.74) is 3.30. The highest BCUT2D eigenvalue weighted by Crippen LogP contribution is 2.40. The molecule has 0 aromatic carbocycles. The van der Waals surface area contributed by atoms with Gasteiger partial charge < -0.3 is 5.32 Å². The minimum Gasteiger partial charge on any atom is -0.320 e. The lowest BCUT2D eigenvalue weighted by atomic mass is 10.1. The van der Waals surface area contributed by atoms with E-state index in [1.54, 1.807) is 12.4 Å². The van der Waals surface area contributed by atoms with Crippen molar-refractivity contribution in [3.05, 3.63) is 47.3 Å². The highest BCUT2D eigenvalue weighted by atomic mass is 16.1. The molecule has 5 heteroatoms. The van der Waals surface area contributed by atoms with E-state index in [0.29, 0.717) is 17.4 Å². The van der Waals surface area contributed by atoms with Gasteiger partial charge in [0.2, 0.25) is 0 Å². The minimum absolute atomic E-state index is 0.180. The van der Waals surface area contributed by atoms with Crippen LogP contribution in [0.1, 0.15) is 65.0 Å². The van der Waals surface area contributed by atoms with E-state index < -0.39 is 0 Å². The normalized spacial score (nSPS) is 17.3. The molecule has 0 radical (unpaired) electrons. The molecule has 1 N–H and O–H groups in total. The number of carbonyl (C=O) groups is 1. The molecule has 112 valence electrons. The maximum atomic E-state index is 12.3. The molecule has 2 aromatic rings. The molecule has 0 saturated heterocycles. The van der Waals surface area contributed by atoms with Crippen molar-refractivity contribution in [3.63, 3.8) is 0 Å². The second-order valence-electron chi connectivity index (χ2n) is 6.23. The third-order valence-corrected chi connectivity index (χ3v) is 4.28. The van der Waals surface area contributed by atoms with Crippen molar-refractivity contribution in [1.29, 1.82) is 0 Å². The number of rotatable bonds is 4. The average molecular weight is 294 g/mol. The third-order valence-electron chi connectivity index (χ3n) is 4.28. The SMILES string of the molecule is Cc1ncc(C2CC2)cc1NC(=O)c1cnc(C2CC2)nc1. The zero-order valence-electron chi connectivity index (χ0n) is 12.5. The summed E-state index contributed by atoms with van der Waals surface area (Å²) in [7, 11) is 0. The predicted molar refractivity (Wildman–Crippen MR) is 82.9 cm³/mol. The van der Waals surface area contributed by atoms with Crippen LogP contribution in [0.3, 0.4) is 0 Å². The Hall–Kier alpha value is -2.30. The molecule has 2 aromatic heterocycles. The smallest absolute Gasteiger partial charge is 0.258 e. The van der Waals surface area contributed by atoms with Crippen LogP contribution >= 0.6 is 0 Å². The Morgan fingerprint density at radius 2 is 1.73 bits per heavy atom. The molecule has 2 saturated carbocycles. The van der Waals surface area contributed by atoms with Crippen LogP contribution in [0.15, 0.2) is 24.7 Å². The van der Waals surface area contributed by atoms with Crippen LogP contribution in [0, 0.1) is 6.92 Å². The molecule has 2 aliphatic carbocycles. The fourth-order valence-electron chi connectivity index (χ4n) is 2.52. The lowest BCUT2D eigenvalue weighted by molar-refractivity contribution is 0.102. The Labute approximate surface area is 129 Å².